The van der Waals surface area contributed by atoms with Crippen molar-refractivity contribution in [2.75, 3.05) is 0 Å². The fourth-order valence-corrected chi connectivity index (χ4v) is 2.27. The zero-order chi connectivity index (χ0) is 13.4. The quantitative estimate of drug-likeness (QED) is 0.601. The highest BCUT2D eigenvalue weighted by atomic mass is 19.1. The van der Waals surface area contributed by atoms with Crippen molar-refractivity contribution < 1.29 is 4.39 Å². The van der Waals surface area contributed by atoms with Gasteiger partial charge in [-0.05, 0) is 22.9 Å². The van der Waals surface area contributed by atoms with Crippen molar-refractivity contribution in [3.8, 4) is 11.3 Å². The van der Waals surface area contributed by atoms with E-state index in [-0.39, 0.29) is 0 Å². The Morgan fingerprint density at radius 2 is 2.05 bits per heavy atom. The third-order valence-electron chi connectivity index (χ3n) is 3.16. The van der Waals surface area contributed by atoms with Crippen molar-refractivity contribution >= 4 is 16.5 Å². The molecule has 0 radical (unpaired) electrons. The Balaban J connectivity index is 2.46. The van der Waals surface area contributed by atoms with Gasteiger partial charge in [0.15, 0.2) is 0 Å². The maximum Gasteiger partial charge on any atom is 0.206 e. The van der Waals surface area contributed by atoms with E-state index in [0.717, 1.165) is 10.8 Å². The average molecular weight is 251 g/mol. The maximum atomic E-state index is 14.3. The molecule has 0 aliphatic carbocycles. The van der Waals surface area contributed by atoms with Gasteiger partial charge in [-0.3, -0.25) is 4.68 Å². The third-order valence-corrected chi connectivity index (χ3v) is 3.16. The number of rotatable bonds is 1. The molecule has 19 heavy (non-hydrogen) atoms. The Labute approximate surface area is 109 Å². The van der Waals surface area contributed by atoms with Gasteiger partial charge in [-0.15, -0.1) is 0 Å². The minimum atomic E-state index is -0.395. The predicted molar refractivity (Wildman–Crippen MR) is 72.4 cm³/mol. The SMILES string of the molecule is [C-]#[N+]c1c(-c2ccnn2C)c(F)cc2ccccc12. The number of benzene rings is 2. The predicted octanol–water partition coefficient (Wildman–Crippen LogP) is 3.93. The van der Waals surface area contributed by atoms with Crippen molar-refractivity contribution in [2.45, 2.75) is 0 Å². The number of aromatic nitrogens is 2. The Hall–Kier alpha value is -2.67. The zero-order valence-corrected chi connectivity index (χ0v) is 10.3. The largest absolute Gasteiger partial charge is 0.269 e. The molecule has 3 nitrogen and oxygen atoms in total. The van der Waals surface area contributed by atoms with Crippen LogP contribution in [-0.2, 0) is 7.05 Å². The van der Waals surface area contributed by atoms with Crippen LogP contribution in [0.25, 0.3) is 26.9 Å². The molecule has 0 spiro atoms. The smallest absolute Gasteiger partial charge is 0.206 e. The molecular weight excluding hydrogens is 241 g/mol. The van der Waals surface area contributed by atoms with E-state index in [1.807, 2.05) is 18.2 Å². The van der Waals surface area contributed by atoms with Gasteiger partial charge in [-0.2, -0.15) is 5.10 Å². The highest BCUT2D eigenvalue weighted by Gasteiger charge is 2.17. The molecule has 92 valence electrons. The van der Waals surface area contributed by atoms with Gasteiger partial charge in [-0.1, -0.05) is 24.3 Å². The van der Waals surface area contributed by atoms with Gasteiger partial charge in [0.05, 0.1) is 12.3 Å². The molecule has 0 atom stereocenters. The monoisotopic (exact) mass is 251 g/mol. The van der Waals surface area contributed by atoms with Crippen molar-refractivity contribution in [1.82, 2.24) is 9.78 Å². The number of fused-ring (bicyclic) bond motifs is 1. The molecule has 0 aliphatic heterocycles. The summed E-state index contributed by atoms with van der Waals surface area (Å²) >= 11 is 0. The lowest BCUT2D eigenvalue weighted by molar-refractivity contribution is 0.630. The molecule has 0 fully saturated rings. The molecule has 4 heteroatoms. The summed E-state index contributed by atoms with van der Waals surface area (Å²) in [5.74, 6) is -0.395. The lowest BCUT2D eigenvalue weighted by Gasteiger charge is -2.09. The molecular formula is C15H10FN3. The summed E-state index contributed by atoms with van der Waals surface area (Å²) in [5.41, 5.74) is 1.25. The van der Waals surface area contributed by atoms with Crippen LogP contribution < -0.4 is 0 Å². The fraction of sp³-hybridized carbons (Fsp3) is 0.0667. The van der Waals surface area contributed by atoms with Crippen molar-refractivity contribution in [1.29, 1.82) is 0 Å². The number of hydrogen-bond acceptors (Lipinski definition) is 1. The lowest BCUT2D eigenvalue weighted by Crippen LogP contribution is -1.96. The van der Waals surface area contributed by atoms with Gasteiger partial charge in [-0.25, -0.2) is 9.24 Å². The summed E-state index contributed by atoms with van der Waals surface area (Å²) in [6.07, 6.45) is 1.59. The maximum absolute atomic E-state index is 14.3. The summed E-state index contributed by atoms with van der Waals surface area (Å²) in [6, 6.07) is 10.5. The topological polar surface area (TPSA) is 22.2 Å². The number of nitrogens with zero attached hydrogens (tertiary/aromatic N) is 3. The molecule has 0 unspecified atom stereocenters. The molecule has 0 saturated heterocycles. The summed E-state index contributed by atoms with van der Waals surface area (Å²) < 4.78 is 15.9. The van der Waals surface area contributed by atoms with Crippen molar-refractivity contribution in [3.05, 3.63) is 59.8 Å². The third kappa shape index (κ3) is 1.67. The minimum absolute atomic E-state index is 0.314. The van der Waals surface area contributed by atoms with E-state index in [2.05, 4.69) is 9.94 Å². The van der Waals surface area contributed by atoms with Gasteiger partial charge >= 0.3 is 0 Å². The summed E-state index contributed by atoms with van der Waals surface area (Å²) in [4.78, 5) is 3.53. The Bertz CT molecular complexity index is 812. The molecule has 3 rings (SSSR count). The molecule has 1 heterocycles. The molecule has 0 amide bonds. The Morgan fingerprint density at radius 1 is 1.26 bits per heavy atom. The van der Waals surface area contributed by atoms with Gasteiger partial charge < -0.3 is 0 Å². The summed E-state index contributed by atoms with van der Waals surface area (Å²) in [7, 11) is 1.73. The number of hydrogen-bond donors (Lipinski definition) is 0. The first kappa shape index (κ1) is 11.4. The lowest BCUT2D eigenvalue weighted by atomic mass is 10.0. The van der Waals surface area contributed by atoms with Crippen LogP contribution in [-0.4, -0.2) is 9.78 Å². The molecule has 0 aliphatic rings. The highest BCUT2D eigenvalue weighted by molar-refractivity contribution is 6.01. The second-order valence-electron chi connectivity index (χ2n) is 4.25. The van der Waals surface area contributed by atoms with E-state index in [1.54, 1.807) is 30.1 Å². The molecule has 0 saturated carbocycles. The highest BCUT2D eigenvalue weighted by Crippen LogP contribution is 2.38. The number of halogens is 1. The fourth-order valence-electron chi connectivity index (χ4n) is 2.27. The molecule has 2 aromatic carbocycles. The van der Waals surface area contributed by atoms with Gasteiger partial charge in [0.25, 0.3) is 0 Å². The molecule has 0 bridgehead atoms. The first-order valence-corrected chi connectivity index (χ1v) is 5.79. The van der Waals surface area contributed by atoms with Crippen LogP contribution in [0.1, 0.15) is 0 Å². The first-order valence-electron chi connectivity index (χ1n) is 5.79. The van der Waals surface area contributed by atoms with Crippen molar-refractivity contribution in [2.24, 2.45) is 7.05 Å². The van der Waals surface area contributed by atoms with Crippen molar-refractivity contribution in [3.63, 3.8) is 0 Å². The van der Waals surface area contributed by atoms with Gasteiger partial charge in [0, 0.05) is 18.8 Å². The molecule has 0 N–H and O–H groups in total. The summed E-state index contributed by atoms with van der Waals surface area (Å²) in [6.45, 7) is 7.36. The van der Waals surface area contributed by atoms with Crippen LogP contribution in [0.2, 0.25) is 0 Å². The Morgan fingerprint density at radius 3 is 2.74 bits per heavy atom. The van der Waals surface area contributed by atoms with E-state index in [9.17, 15) is 4.39 Å². The van der Waals surface area contributed by atoms with Crippen LogP contribution in [0.15, 0.2) is 42.6 Å². The van der Waals surface area contributed by atoms with Gasteiger partial charge in [0.2, 0.25) is 5.69 Å². The van der Waals surface area contributed by atoms with E-state index >= 15 is 0 Å². The van der Waals surface area contributed by atoms with Crippen LogP contribution in [0.5, 0.6) is 0 Å². The minimum Gasteiger partial charge on any atom is -0.269 e. The second-order valence-corrected chi connectivity index (χ2v) is 4.25. The first-order chi connectivity index (χ1) is 9.22. The molecule has 1 aromatic heterocycles. The van der Waals surface area contributed by atoms with Crippen LogP contribution in [0.3, 0.4) is 0 Å². The number of aryl methyl sites for hydroxylation is 1. The normalized spacial score (nSPS) is 10.6. The standard InChI is InChI=1S/C15H10FN3/c1-17-15-11-6-4-3-5-10(11)9-12(16)14(15)13-7-8-18-19(13)2/h3-9H,2H3. The van der Waals surface area contributed by atoms with E-state index in [1.165, 1.54) is 6.07 Å². The van der Waals surface area contributed by atoms with E-state index in [4.69, 9.17) is 6.57 Å². The second kappa shape index (κ2) is 4.21. The van der Waals surface area contributed by atoms with E-state index in [0.29, 0.717) is 16.9 Å². The van der Waals surface area contributed by atoms with Crippen LogP contribution in [0.4, 0.5) is 10.1 Å². The Kier molecular flexibility index (Phi) is 2.53. The average Bonchev–Trinajstić information content (AvgIpc) is 2.83. The van der Waals surface area contributed by atoms with Crippen LogP contribution in [0, 0.1) is 12.4 Å². The van der Waals surface area contributed by atoms with Crippen LogP contribution >= 0.6 is 0 Å². The molecule has 3 aromatic rings. The zero-order valence-electron chi connectivity index (χ0n) is 10.3. The van der Waals surface area contributed by atoms with Gasteiger partial charge in [0.1, 0.15) is 5.82 Å². The van der Waals surface area contributed by atoms with E-state index < -0.39 is 5.82 Å². The summed E-state index contributed by atoms with van der Waals surface area (Å²) in [5, 5.41) is 5.53.